The highest BCUT2D eigenvalue weighted by Crippen LogP contribution is 2.21. The number of alkyl halides is 2. The number of carbonyl (C=O) groups excluding carboxylic acids is 1. The highest BCUT2D eigenvalue weighted by atomic mass is 19.3. The molecule has 0 fully saturated rings. The molecule has 26 heavy (non-hydrogen) atoms. The van der Waals surface area contributed by atoms with E-state index in [1.54, 1.807) is 29.1 Å². The van der Waals surface area contributed by atoms with Gasteiger partial charge in [-0.3, -0.25) is 9.48 Å². The summed E-state index contributed by atoms with van der Waals surface area (Å²) in [4.78, 5) is 12.3. The van der Waals surface area contributed by atoms with E-state index in [-0.39, 0.29) is 17.1 Å². The number of rotatable bonds is 6. The molecule has 134 valence electrons. The van der Waals surface area contributed by atoms with Crippen LogP contribution in [0.3, 0.4) is 0 Å². The van der Waals surface area contributed by atoms with Gasteiger partial charge in [0.05, 0.1) is 24.0 Å². The van der Waals surface area contributed by atoms with Crippen molar-refractivity contribution in [1.82, 2.24) is 9.78 Å². The zero-order valence-electron chi connectivity index (χ0n) is 13.4. The van der Waals surface area contributed by atoms with Crippen molar-refractivity contribution in [2.75, 3.05) is 5.32 Å². The number of ether oxygens (including phenoxy) is 1. The molecule has 1 N–H and O–H groups in total. The van der Waals surface area contributed by atoms with Crippen LogP contribution in [0.25, 0.3) is 0 Å². The molecule has 3 aromatic rings. The van der Waals surface area contributed by atoms with E-state index in [4.69, 9.17) is 0 Å². The van der Waals surface area contributed by atoms with Gasteiger partial charge < -0.3 is 10.1 Å². The number of hydrogen-bond donors (Lipinski definition) is 1. The van der Waals surface area contributed by atoms with E-state index < -0.39 is 12.5 Å². The van der Waals surface area contributed by atoms with E-state index in [1.807, 2.05) is 0 Å². The van der Waals surface area contributed by atoms with Crippen molar-refractivity contribution in [2.24, 2.45) is 0 Å². The molecule has 0 saturated heterocycles. The molecule has 1 heterocycles. The van der Waals surface area contributed by atoms with Gasteiger partial charge in [-0.1, -0.05) is 24.3 Å². The summed E-state index contributed by atoms with van der Waals surface area (Å²) in [5, 5.41) is 6.69. The van der Waals surface area contributed by atoms with Crippen LogP contribution < -0.4 is 10.1 Å². The van der Waals surface area contributed by atoms with E-state index in [2.05, 4.69) is 15.2 Å². The van der Waals surface area contributed by atoms with Crippen LogP contribution in [0.4, 0.5) is 18.9 Å². The molecule has 0 spiro atoms. The summed E-state index contributed by atoms with van der Waals surface area (Å²) in [5.41, 5.74) is 1.21. The van der Waals surface area contributed by atoms with Crippen molar-refractivity contribution in [3.05, 3.63) is 77.9 Å². The number of halogens is 3. The van der Waals surface area contributed by atoms with Crippen LogP contribution in [0.2, 0.25) is 0 Å². The van der Waals surface area contributed by atoms with E-state index in [0.29, 0.717) is 12.2 Å². The van der Waals surface area contributed by atoms with Crippen molar-refractivity contribution in [3.8, 4) is 5.75 Å². The first-order valence-electron chi connectivity index (χ1n) is 7.63. The van der Waals surface area contributed by atoms with Crippen LogP contribution in [0.5, 0.6) is 5.75 Å². The zero-order valence-corrected chi connectivity index (χ0v) is 13.4. The molecular formula is C18H14F3N3O2. The molecule has 8 heteroatoms. The van der Waals surface area contributed by atoms with Gasteiger partial charge in [0, 0.05) is 6.20 Å². The Balaban J connectivity index is 1.69. The molecule has 2 aromatic carbocycles. The first-order valence-corrected chi connectivity index (χ1v) is 7.63. The van der Waals surface area contributed by atoms with E-state index in [0.717, 1.165) is 5.56 Å². The number of anilines is 1. The van der Waals surface area contributed by atoms with Crippen molar-refractivity contribution in [3.63, 3.8) is 0 Å². The molecule has 0 radical (unpaired) electrons. The SMILES string of the molecule is O=C(Nc1cnn(Cc2ccc(F)cc2)c1)c1ccccc1OC(F)F. The van der Waals surface area contributed by atoms with Crippen molar-refractivity contribution in [2.45, 2.75) is 13.2 Å². The lowest BCUT2D eigenvalue weighted by molar-refractivity contribution is -0.0501. The van der Waals surface area contributed by atoms with Crippen LogP contribution in [-0.2, 0) is 6.54 Å². The maximum Gasteiger partial charge on any atom is 0.387 e. The average molecular weight is 361 g/mol. The lowest BCUT2D eigenvalue weighted by atomic mass is 10.2. The predicted octanol–water partition coefficient (Wildman–Crippen LogP) is 3.92. The van der Waals surface area contributed by atoms with Crippen molar-refractivity contribution >= 4 is 11.6 Å². The molecule has 0 atom stereocenters. The predicted molar refractivity (Wildman–Crippen MR) is 88.8 cm³/mol. The molecule has 1 amide bonds. The minimum Gasteiger partial charge on any atom is -0.434 e. The van der Waals surface area contributed by atoms with Gasteiger partial charge in [-0.2, -0.15) is 13.9 Å². The molecule has 0 saturated carbocycles. The Hall–Kier alpha value is -3.29. The molecule has 5 nitrogen and oxygen atoms in total. The molecule has 0 unspecified atom stereocenters. The van der Waals surface area contributed by atoms with Gasteiger partial charge in [-0.15, -0.1) is 0 Å². The second kappa shape index (κ2) is 7.73. The number of hydrogen-bond acceptors (Lipinski definition) is 3. The summed E-state index contributed by atoms with van der Waals surface area (Å²) < 4.78 is 43.7. The first-order chi connectivity index (χ1) is 12.5. The standard InChI is InChI=1S/C18H14F3N3O2/c19-13-7-5-12(6-8-13)10-24-11-14(9-22-24)23-17(25)15-3-1-2-4-16(15)26-18(20)21/h1-9,11,18H,10H2,(H,23,25). The third kappa shape index (κ3) is 4.41. The van der Waals surface area contributed by atoms with Gasteiger partial charge in [-0.25, -0.2) is 4.39 Å². The molecule has 1 aromatic heterocycles. The second-order valence-corrected chi connectivity index (χ2v) is 5.38. The summed E-state index contributed by atoms with van der Waals surface area (Å²) >= 11 is 0. The molecule has 0 aliphatic carbocycles. The Morgan fingerprint density at radius 1 is 1.15 bits per heavy atom. The first kappa shape index (κ1) is 17.5. The number of amides is 1. The van der Waals surface area contributed by atoms with Gasteiger partial charge in [-0.05, 0) is 29.8 Å². The van der Waals surface area contributed by atoms with Crippen LogP contribution >= 0.6 is 0 Å². The smallest absolute Gasteiger partial charge is 0.387 e. The minimum absolute atomic E-state index is 0.0147. The summed E-state index contributed by atoms with van der Waals surface area (Å²) in [6.07, 6.45) is 3.01. The molecular weight excluding hydrogens is 347 g/mol. The topological polar surface area (TPSA) is 56.2 Å². The van der Waals surface area contributed by atoms with Crippen LogP contribution in [0.15, 0.2) is 60.9 Å². The number of aromatic nitrogens is 2. The monoisotopic (exact) mass is 361 g/mol. The normalized spacial score (nSPS) is 10.8. The summed E-state index contributed by atoms with van der Waals surface area (Å²) in [6, 6.07) is 11.7. The fourth-order valence-corrected chi connectivity index (χ4v) is 2.34. The van der Waals surface area contributed by atoms with Gasteiger partial charge in [0.25, 0.3) is 5.91 Å². The van der Waals surface area contributed by atoms with Crippen molar-refractivity contribution in [1.29, 1.82) is 0 Å². The number of carbonyl (C=O) groups is 1. The third-order valence-corrected chi connectivity index (χ3v) is 3.50. The largest absolute Gasteiger partial charge is 0.434 e. The summed E-state index contributed by atoms with van der Waals surface area (Å²) in [6.45, 7) is -2.64. The molecule has 0 aliphatic heterocycles. The van der Waals surface area contributed by atoms with E-state index in [1.165, 1.54) is 36.5 Å². The van der Waals surface area contributed by atoms with E-state index in [9.17, 15) is 18.0 Å². The van der Waals surface area contributed by atoms with Gasteiger partial charge in [0.2, 0.25) is 0 Å². The van der Waals surface area contributed by atoms with Gasteiger partial charge >= 0.3 is 6.61 Å². The lowest BCUT2D eigenvalue weighted by Crippen LogP contribution is -2.14. The maximum atomic E-state index is 12.9. The Kier molecular flexibility index (Phi) is 5.21. The Morgan fingerprint density at radius 2 is 1.88 bits per heavy atom. The summed E-state index contributed by atoms with van der Waals surface area (Å²) in [5.74, 6) is -1.13. The van der Waals surface area contributed by atoms with Crippen molar-refractivity contribution < 1.29 is 22.7 Å². The minimum atomic E-state index is -3.03. The maximum absolute atomic E-state index is 12.9. The molecule has 0 aliphatic rings. The summed E-state index contributed by atoms with van der Waals surface area (Å²) in [7, 11) is 0. The number of nitrogens with one attached hydrogen (secondary N) is 1. The molecule has 0 bridgehead atoms. The molecule has 3 rings (SSSR count). The zero-order chi connectivity index (χ0) is 18.5. The van der Waals surface area contributed by atoms with Crippen LogP contribution in [0, 0.1) is 5.82 Å². The van der Waals surface area contributed by atoms with Crippen LogP contribution in [-0.4, -0.2) is 22.3 Å². The third-order valence-electron chi connectivity index (χ3n) is 3.50. The highest BCUT2D eigenvalue weighted by Gasteiger charge is 2.16. The quantitative estimate of drug-likeness (QED) is 0.724. The van der Waals surface area contributed by atoms with Crippen LogP contribution in [0.1, 0.15) is 15.9 Å². The second-order valence-electron chi connectivity index (χ2n) is 5.38. The van der Waals surface area contributed by atoms with Gasteiger partial charge in [0.1, 0.15) is 11.6 Å². The Labute approximate surface area is 147 Å². The highest BCUT2D eigenvalue weighted by molar-refractivity contribution is 6.06. The lowest BCUT2D eigenvalue weighted by Gasteiger charge is -2.09. The number of para-hydroxylation sites is 1. The average Bonchev–Trinajstić information content (AvgIpc) is 3.04. The number of benzene rings is 2. The fourth-order valence-electron chi connectivity index (χ4n) is 2.34. The Bertz CT molecular complexity index is 895. The fraction of sp³-hybridized carbons (Fsp3) is 0.111. The number of nitrogens with zero attached hydrogens (tertiary/aromatic N) is 2. The Morgan fingerprint density at radius 3 is 2.62 bits per heavy atom. The van der Waals surface area contributed by atoms with Gasteiger partial charge in [0.15, 0.2) is 0 Å². The van der Waals surface area contributed by atoms with E-state index >= 15 is 0 Å².